The van der Waals surface area contributed by atoms with E-state index in [4.69, 9.17) is 8.83 Å². The van der Waals surface area contributed by atoms with Crippen molar-refractivity contribution in [2.45, 2.75) is 0 Å². The second kappa shape index (κ2) is 15.5. The average molecular weight is 879 g/mol. The molecule has 1 N–H and O–H groups in total. The number of furan rings is 2. The van der Waals surface area contributed by atoms with Crippen molar-refractivity contribution in [2.24, 2.45) is 4.40 Å². The molecule has 3 aromatic heterocycles. The number of nitrogens with zero attached hydrogens (tertiary/aromatic N) is 3. The van der Waals surface area contributed by atoms with Gasteiger partial charge >= 0.3 is 0 Å². The number of para-hydroxylation sites is 4. The van der Waals surface area contributed by atoms with E-state index in [2.05, 4.69) is 203 Å². The van der Waals surface area contributed by atoms with Crippen molar-refractivity contribution < 1.29 is 8.83 Å². The normalized spacial score (nSPS) is 13.7. The largest absolute Gasteiger partial charge is 0.456 e. The lowest BCUT2D eigenvalue weighted by molar-refractivity contribution is 0.668. The topological polar surface area (TPSA) is 70.7 Å². The summed E-state index contributed by atoms with van der Waals surface area (Å²) in [4.78, 5) is 2.15. The molecular formula is C60H38N4O2S. The van der Waals surface area contributed by atoms with Crippen LogP contribution in [-0.4, -0.2) is 16.0 Å². The Morgan fingerprint density at radius 2 is 0.851 bits per heavy atom. The fourth-order valence-corrected chi connectivity index (χ4v) is 10.1. The SMILES string of the molecule is N=C1C(c2ccc(-n3c4ccccc4c4ccccc43)cc2)=CC=C(N(c2ccc(-c3ccc4c(c3)oc3ccccc34)cc2)c2ccc(-c3ccc4c(c3)oc3ccccc34)cc2)/C1=N/S. The molecule has 316 valence electrons. The summed E-state index contributed by atoms with van der Waals surface area (Å²) in [5.74, 6) is 0. The maximum atomic E-state index is 9.66. The number of hydrogen-bond acceptors (Lipinski definition) is 6. The van der Waals surface area contributed by atoms with Crippen LogP contribution in [0, 0.1) is 5.41 Å². The van der Waals surface area contributed by atoms with Crippen molar-refractivity contribution in [3.8, 4) is 27.9 Å². The zero-order valence-corrected chi connectivity index (χ0v) is 36.8. The first kappa shape index (κ1) is 38.8. The van der Waals surface area contributed by atoms with Crippen LogP contribution in [0.1, 0.15) is 5.56 Å². The molecule has 0 aliphatic heterocycles. The Balaban J connectivity index is 0.884. The monoisotopic (exact) mass is 878 g/mol. The van der Waals surface area contributed by atoms with E-state index >= 15 is 0 Å². The summed E-state index contributed by atoms with van der Waals surface area (Å²) in [5.41, 5.74) is 16.0. The molecule has 1 aliphatic carbocycles. The molecule has 7 heteroatoms. The maximum absolute atomic E-state index is 9.66. The molecule has 0 spiro atoms. The van der Waals surface area contributed by atoms with Gasteiger partial charge in [-0.15, -0.1) is 0 Å². The van der Waals surface area contributed by atoms with Gasteiger partial charge in [0.05, 0.1) is 22.4 Å². The fourth-order valence-electron chi connectivity index (χ4n) is 9.94. The third-order valence-corrected chi connectivity index (χ3v) is 13.4. The van der Waals surface area contributed by atoms with E-state index in [0.717, 1.165) is 111 Å². The third-order valence-electron chi connectivity index (χ3n) is 13.2. The van der Waals surface area contributed by atoms with E-state index in [1.807, 2.05) is 42.5 Å². The van der Waals surface area contributed by atoms with Crippen LogP contribution in [0.5, 0.6) is 0 Å². The summed E-state index contributed by atoms with van der Waals surface area (Å²) in [7, 11) is 0. The first-order chi connectivity index (χ1) is 33.1. The standard InChI is InChI=1S/C60H38N4O2S/c61-59-45(39-21-29-44(30-22-39)64-52-13-5-1-9-46(52)47-10-2-6-14-53(47)64)33-34-54(60(59)62-67)63(42-25-17-37(18-26-42)40-23-31-50-48-11-3-7-15-55(48)65-57(50)35-40)43-27-19-38(20-28-43)41-24-32-51-49-12-4-8-16-56(49)66-58(51)36-41/h1-36,61,67H/b61-59?,62-60-. The van der Waals surface area contributed by atoms with Crippen molar-refractivity contribution >= 4 is 107 Å². The van der Waals surface area contributed by atoms with Gasteiger partial charge in [0.2, 0.25) is 0 Å². The summed E-state index contributed by atoms with van der Waals surface area (Å²) in [6, 6.07) is 71.6. The number of anilines is 2. The van der Waals surface area contributed by atoms with E-state index < -0.39 is 0 Å². The molecule has 0 unspecified atom stereocenters. The first-order valence-corrected chi connectivity index (χ1v) is 22.6. The molecule has 9 aromatic carbocycles. The Labute approximate surface area is 390 Å². The van der Waals surface area contributed by atoms with E-state index in [9.17, 15) is 5.41 Å². The average Bonchev–Trinajstić information content (AvgIpc) is 4.06. The number of nitrogens with one attached hydrogen (secondary N) is 1. The van der Waals surface area contributed by atoms with Gasteiger partial charge in [0.1, 0.15) is 28.0 Å². The highest BCUT2D eigenvalue weighted by molar-refractivity contribution is 7.79. The van der Waals surface area contributed by atoms with Gasteiger partial charge in [-0.25, -0.2) is 4.40 Å². The second-order valence-corrected chi connectivity index (χ2v) is 17.1. The second-order valence-electron chi connectivity index (χ2n) is 16.9. The summed E-state index contributed by atoms with van der Waals surface area (Å²) >= 11 is 4.54. The molecular weight excluding hydrogens is 841 g/mol. The van der Waals surface area contributed by atoms with Gasteiger partial charge < -0.3 is 18.3 Å². The predicted molar refractivity (Wildman–Crippen MR) is 281 cm³/mol. The Hall–Kier alpha value is -8.65. The lowest BCUT2D eigenvalue weighted by Crippen LogP contribution is -2.30. The molecule has 0 amide bonds. The van der Waals surface area contributed by atoms with E-state index in [1.165, 1.54) is 10.8 Å². The Bertz CT molecular complexity index is 3850. The molecule has 0 bridgehead atoms. The minimum Gasteiger partial charge on any atom is -0.456 e. The van der Waals surface area contributed by atoms with Gasteiger partial charge in [-0.3, -0.25) is 5.41 Å². The number of rotatable bonds is 7. The Kier molecular flexibility index (Phi) is 8.98. The number of thiol groups is 1. The van der Waals surface area contributed by atoms with Gasteiger partial charge in [0.25, 0.3) is 0 Å². The Morgan fingerprint density at radius 1 is 0.418 bits per heavy atom. The zero-order chi connectivity index (χ0) is 44.6. The molecule has 3 heterocycles. The minimum atomic E-state index is 0.286. The van der Waals surface area contributed by atoms with Gasteiger partial charge in [-0.1, -0.05) is 121 Å². The number of fused-ring (bicyclic) bond motifs is 9. The highest BCUT2D eigenvalue weighted by atomic mass is 32.1. The van der Waals surface area contributed by atoms with Crippen LogP contribution in [0.2, 0.25) is 0 Å². The minimum absolute atomic E-state index is 0.286. The van der Waals surface area contributed by atoms with E-state index in [1.54, 1.807) is 0 Å². The molecule has 1 aliphatic rings. The van der Waals surface area contributed by atoms with Crippen LogP contribution in [0.3, 0.4) is 0 Å². The lowest BCUT2D eigenvalue weighted by Gasteiger charge is -2.31. The van der Waals surface area contributed by atoms with Crippen molar-refractivity contribution in [1.29, 1.82) is 5.41 Å². The first-order valence-electron chi connectivity index (χ1n) is 22.2. The van der Waals surface area contributed by atoms with Crippen molar-refractivity contribution in [3.63, 3.8) is 0 Å². The molecule has 0 atom stereocenters. The van der Waals surface area contributed by atoms with Gasteiger partial charge in [0, 0.05) is 55.0 Å². The van der Waals surface area contributed by atoms with Crippen LogP contribution < -0.4 is 4.90 Å². The molecule has 13 rings (SSSR count). The smallest absolute Gasteiger partial charge is 0.136 e. The fraction of sp³-hybridized carbons (Fsp3) is 0. The molecule has 0 radical (unpaired) electrons. The number of allylic oxidation sites excluding steroid dienone is 4. The number of benzene rings is 9. The molecule has 67 heavy (non-hydrogen) atoms. The third kappa shape index (κ3) is 6.35. The summed E-state index contributed by atoms with van der Waals surface area (Å²) in [5, 5.41) is 16.5. The van der Waals surface area contributed by atoms with Crippen LogP contribution in [0.15, 0.2) is 237 Å². The summed E-state index contributed by atoms with van der Waals surface area (Å²) in [6.07, 6.45) is 4.08. The van der Waals surface area contributed by atoms with Gasteiger partial charge in [0.15, 0.2) is 0 Å². The van der Waals surface area contributed by atoms with Crippen LogP contribution in [-0.2, 0) is 0 Å². The molecule has 6 nitrogen and oxygen atoms in total. The van der Waals surface area contributed by atoms with E-state index in [0.29, 0.717) is 5.71 Å². The zero-order valence-electron chi connectivity index (χ0n) is 35.9. The van der Waals surface area contributed by atoms with Crippen LogP contribution >= 0.6 is 12.8 Å². The van der Waals surface area contributed by atoms with Crippen molar-refractivity contribution in [2.75, 3.05) is 4.90 Å². The van der Waals surface area contributed by atoms with Crippen molar-refractivity contribution in [1.82, 2.24) is 4.57 Å². The Morgan fingerprint density at radius 3 is 1.36 bits per heavy atom. The summed E-state index contributed by atoms with van der Waals surface area (Å²) < 4.78 is 19.3. The quantitative estimate of drug-likeness (QED) is 0.124. The van der Waals surface area contributed by atoms with Crippen molar-refractivity contribution in [3.05, 3.63) is 230 Å². The molecule has 0 fully saturated rings. The number of hydrogen-bond donors (Lipinski definition) is 2. The highest BCUT2D eigenvalue weighted by Gasteiger charge is 2.28. The van der Waals surface area contributed by atoms with Gasteiger partial charge in [-0.2, -0.15) is 0 Å². The van der Waals surface area contributed by atoms with Gasteiger partial charge in [-0.05, 0) is 138 Å². The van der Waals surface area contributed by atoms with E-state index in [-0.39, 0.29) is 5.71 Å². The molecule has 0 saturated heterocycles. The highest BCUT2D eigenvalue weighted by Crippen LogP contribution is 2.40. The number of aromatic nitrogens is 1. The molecule has 12 aromatic rings. The summed E-state index contributed by atoms with van der Waals surface area (Å²) in [6.45, 7) is 0. The molecule has 0 saturated carbocycles. The maximum Gasteiger partial charge on any atom is 0.136 e. The van der Waals surface area contributed by atoms with Crippen LogP contribution in [0.25, 0.3) is 99.2 Å². The predicted octanol–water partition coefficient (Wildman–Crippen LogP) is 16.3. The van der Waals surface area contributed by atoms with Crippen LogP contribution in [0.4, 0.5) is 11.4 Å². The lowest BCUT2D eigenvalue weighted by atomic mass is 9.91.